The zero-order valence-electron chi connectivity index (χ0n) is 11.9. The van der Waals surface area contributed by atoms with Crippen molar-refractivity contribution < 1.29 is 18.9 Å². The molecular formula is C14H26O4. The molecule has 0 unspecified atom stereocenters. The Morgan fingerprint density at radius 3 is 2.33 bits per heavy atom. The normalized spacial score (nSPS) is 24.8. The third-order valence-electron chi connectivity index (χ3n) is 4.12. The summed E-state index contributed by atoms with van der Waals surface area (Å²) < 4.78 is 22.7. The molecule has 0 aromatic rings. The predicted molar refractivity (Wildman–Crippen MR) is 68.5 cm³/mol. The maximum absolute atomic E-state index is 5.93. The van der Waals surface area contributed by atoms with Crippen LogP contribution in [0, 0.1) is 0 Å². The van der Waals surface area contributed by atoms with Gasteiger partial charge < -0.3 is 18.9 Å². The van der Waals surface area contributed by atoms with E-state index in [2.05, 4.69) is 13.8 Å². The van der Waals surface area contributed by atoms with E-state index < -0.39 is 0 Å². The molecule has 0 amide bonds. The SMILES string of the molecule is COC(C)(C)CCOC1CCC2(CC1)OCCO2. The lowest BCUT2D eigenvalue weighted by Gasteiger charge is -2.35. The molecular weight excluding hydrogens is 232 g/mol. The molecule has 2 aliphatic rings. The molecule has 1 saturated heterocycles. The third kappa shape index (κ3) is 3.67. The smallest absolute Gasteiger partial charge is 0.168 e. The molecule has 18 heavy (non-hydrogen) atoms. The van der Waals surface area contributed by atoms with Crippen molar-refractivity contribution in [3.63, 3.8) is 0 Å². The Balaban J connectivity index is 1.65. The van der Waals surface area contributed by atoms with Crippen molar-refractivity contribution in [1.29, 1.82) is 0 Å². The van der Waals surface area contributed by atoms with Crippen molar-refractivity contribution in [3.8, 4) is 0 Å². The molecule has 106 valence electrons. The van der Waals surface area contributed by atoms with Crippen molar-refractivity contribution in [2.24, 2.45) is 0 Å². The summed E-state index contributed by atoms with van der Waals surface area (Å²) in [7, 11) is 1.75. The average Bonchev–Trinajstić information content (AvgIpc) is 2.81. The monoisotopic (exact) mass is 258 g/mol. The Morgan fingerprint density at radius 1 is 1.17 bits per heavy atom. The molecule has 0 bridgehead atoms. The van der Waals surface area contributed by atoms with Gasteiger partial charge in [0.2, 0.25) is 0 Å². The highest BCUT2D eigenvalue weighted by atomic mass is 16.7. The maximum atomic E-state index is 5.93. The van der Waals surface area contributed by atoms with Crippen LogP contribution in [0.1, 0.15) is 46.0 Å². The minimum absolute atomic E-state index is 0.0897. The minimum atomic E-state index is -0.272. The number of methoxy groups -OCH3 is 1. The molecule has 0 N–H and O–H groups in total. The molecule has 4 nitrogen and oxygen atoms in total. The van der Waals surface area contributed by atoms with Crippen LogP contribution in [-0.4, -0.2) is 44.4 Å². The van der Waals surface area contributed by atoms with E-state index in [9.17, 15) is 0 Å². The molecule has 1 heterocycles. The quantitative estimate of drug-likeness (QED) is 0.759. The fraction of sp³-hybridized carbons (Fsp3) is 1.00. The second kappa shape index (κ2) is 5.87. The van der Waals surface area contributed by atoms with Crippen LogP contribution in [0.2, 0.25) is 0 Å². The van der Waals surface area contributed by atoms with Crippen LogP contribution in [0.15, 0.2) is 0 Å². The molecule has 0 radical (unpaired) electrons. The molecule has 2 fully saturated rings. The zero-order valence-corrected chi connectivity index (χ0v) is 11.9. The molecule has 1 aliphatic carbocycles. The fourth-order valence-electron chi connectivity index (χ4n) is 2.56. The maximum Gasteiger partial charge on any atom is 0.168 e. The second-order valence-corrected chi connectivity index (χ2v) is 5.89. The van der Waals surface area contributed by atoms with E-state index in [4.69, 9.17) is 18.9 Å². The van der Waals surface area contributed by atoms with E-state index in [1.165, 1.54) is 0 Å². The summed E-state index contributed by atoms with van der Waals surface area (Å²) in [5.41, 5.74) is -0.0897. The van der Waals surface area contributed by atoms with E-state index >= 15 is 0 Å². The van der Waals surface area contributed by atoms with E-state index in [1.807, 2.05) is 0 Å². The van der Waals surface area contributed by atoms with Crippen LogP contribution in [0.4, 0.5) is 0 Å². The third-order valence-corrected chi connectivity index (χ3v) is 4.12. The largest absolute Gasteiger partial charge is 0.379 e. The number of hydrogen-bond acceptors (Lipinski definition) is 4. The number of ether oxygens (including phenoxy) is 4. The average molecular weight is 258 g/mol. The van der Waals surface area contributed by atoms with E-state index in [-0.39, 0.29) is 11.4 Å². The minimum Gasteiger partial charge on any atom is -0.379 e. The van der Waals surface area contributed by atoms with Gasteiger partial charge in [0.15, 0.2) is 5.79 Å². The Bertz CT molecular complexity index is 249. The lowest BCUT2D eigenvalue weighted by atomic mass is 9.91. The number of rotatable bonds is 5. The van der Waals surface area contributed by atoms with Crippen molar-refractivity contribution in [3.05, 3.63) is 0 Å². The van der Waals surface area contributed by atoms with Gasteiger partial charge in [-0.3, -0.25) is 0 Å². The first-order valence-electron chi connectivity index (χ1n) is 7.00. The molecule has 1 spiro atoms. The highest BCUT2D eigenvalue weighted by Crippen LogP contribution is 2.36. The van der Waals surface area contributed by atoms with Crippen LogP contribution < -0.4 is 0 Å². The van der Waals surface area contributed by atoms with Crippen LogP contribution in [0.5, 0.6) is 0 Å². The summed E-state index contributed by atoms with van der Waals surface area (Å²) >= 11 is 0. The standard InChI is InChI=1S/C14H26O4/c1-13(2,15-3)8-9-16-12-4-6-14(7-5-12)17-10-11-18-14/h12H,4-11H2,1-3H3. The summed E-state index contributed by atoms with van der Waals surface area (Å²) in [4.78, 5) is 0. The Morgan fingerprint density at radius 2 is 1.78 bits per heavy atom. The van der Waals surface area contributed by atoms with Gasteiger partial charge in [-0.2, -0.15) is 0 Å². The first-order valence-corrected chi connectivity index (χ1v) is 7.00. The molecule has 0 atom stereocenters. The van der Waals surface area contributed by atoms with Gasteiger partial charge in [0.1, 0.15) is 0 Å². The summed E-state index contributed by atoms with van der Waals surface area (Å²) in [5.74, 6) is -0.272. The first kappa shape index (κ1) is 14.3. The molecule has 0 aromatic carbocycles. The van der Waals surface area contributed by atoms with Gasteiger partial charge in [-0.25, -0.2) is 0 Å². The van der Waals surface area contributed by atoms with Crippen LogP contribution in [0.3, 0.4) is 0 Å². The Kier molecular flexibility index (Phi) is 4.64. The molecule has 2 rings (SSSR count). The van der Waals surface area contributed by atoms with Crippen LogP contribution in [0.25, 0.3) is 0 Å². The summed E-state index contributed by atoms with van der Waals surface area (Å²) in [6, 6.07) is 0. The second-order valence-electron chi connectivity index (χ2n) is 5.89. The molecule has 0 aromatic heterocycles. The van der Waals surface area contributed by atoms with Gasteiger partial charge in [0, 0.05) is 26.6 Å². The summed E-state index contributed by atoms with van der Waals surface area (Å²) in [5, 5.41) is 0. The van der Waals surface area contributed by atoms with E-state index in [1.54, 1.807) is 7.11 Å². The van der Waals surface area contributed by atoms with Gasteiger partial charge >= 0.3 is 0 Å². The molecule has 4 heteroatoms. The van der Waals surface area contributed by atoms with Gasteiger partial charge in [-0.1, -0.05) is 0 Å². The van der Waals surface area contributed by atoms with Gasteiger partial charge in [-0.15, -0.1) is 0 Å². The highest BCUT2D eigenvalue weighted by molar-refractivity contribution is 4.83. The van der Waals surface area contributed by atoms with Gasteiger partial charge in [0.05, 0.1) is 24.9 Å². The van der Waals surface area contributed by atoms with Crippen molar-refractivity contribution in [2.45, 2.75) is 63.4 Å². The fourth-order valence-corrected chi connectivity index (χ4v) is 2.56. The van der Waals surface area contributed by atoms with Crippen LogP contribution in [-0.2, 0) is 18.9 Å². The summed E-state index contributed by atoms with van der Waals surface area (Å²) in [6.45, 7) is 6.43. The van der Waals surface area contributed by atoms with Crippen LogP contribution >= 0.6 is 0 Å². The topological polar surface area (TPSA) is 36.9 Å². The van der Waals surface area contributed by atoms with Crippen molar-refractivity contribution in [1.82, 2.24) is 0 Å². The zero-order chi connectivity index (χ0) is 13.1. The van der Waals surface area contributed by atoms with E-state index in [0.29, 0.717) is 6.10 Å². The highest BCUT2D eigenvalue weighted by Gasteiger charge is 2.40. The van der Waals surface area contributed by atoms with Gasteiger partial charge in [0.25, 0.3) is 0 Å². The lowest BCUT2D eigenvalue weighted by molar-refractivity contribution is -0.192. The van der Waals surface area contributed by atoms with Crippen molar-refractivity contribution >= 4 is 0 Å². The number of hydrogen-bond donors (Lipinski definition) is 0. The lowest BCUT2D eigenvalue weighted by Crippen LogP contribution is -2.38. The Hall–Kier alpha value is -0.160. The van der Waals surface area contributed by atoms with E-state index in [0.717, 1.165) is 51.9 Å². The first-order chi connectivity index (χ1) is 8.55. The van der Waals surface area contributed by atoms with Gasteiger partial charge in [-0.05, 0) is 33.1 Å². The summed E-state index contributed by atoms with van der Waals surface area (Å²) in [6.07, 6.45) is 5.28. The Labute approximate surface area is 110 Å². The molecule has 1 aliphatic heterocycles. The predicted octanol–water partition coefficient (Wildman–Crippen LogP) is 2.50. The molecule has 1 saturated carbocycles. The van der Waals surface area contributed by atoms with Crippen molar-refractivity contribution in [2.75, 3.05) is 26.9 Å².